The standard InChI is InChI=1S/C17H36N2O/c1-6-16(4,5)15-7-9-17(12-18,10-8-15)19-14(3)13(2)11-20/h13-15,19-20H,6-12,18H2,1-5H3. The molecule has 0 spiro atoms. The molecular formula is C17H36N2O. The van der Waals surface area contributed by atoms with Gasteiger partial charge in [-0.2, -0.15) is 0 Å². The minimum Gasteiger partial charge on any atom is -0.396 e. The van der Waals surface area contributed by atoms with Crippen molar-refractivity contribution in [3.05, 3.63) is 0 Å². The molecule has 1 fully saturated rings. The lowest BCUT2D eigenvalue weighted by Gasteiger charge is -2.46. The molecule has 1 rings (SSSR count). The van der Waals surface area contributed by atoms with Crippen molar-refractivity contribution < 1.29 is 5.11 Å². The Morgan fingerprint density at radius 3 is 2.25 bits per heavy atom. The summed E-state index contributed by atoms with van der Waals surface area (Å²) >= 11 is 0. The van der Waals surface area contributed by atoms with Crippen LogP contribution in [0.3, 0.4) is 0 Å². The van der Waals surface area contributed by atoms with E-state index in [9.17, 15) is 5.11 Å². The third-order valence-corrected chi connectivity index (χ3v) is 6.03. The summed E-state index contributed by atoms with van der Waals surface area (Å²) in [5, 5.41) is 13.0. The first kappa shape index (κ1) is 17.9. The fourth-order valence-corrected chi connectivity index (χ4v) is 3.43. The average Bonchev–Trinajstić information content (AvgIpc) is 2.46. The van der Waals surface area contributed by atoms with Crippen molar-refractivity contribution in [3.8, 4) is 0 Å². The Labute approximate surface area is 125 Å². The summed E-state index contributed by atoms with van der Waals surface area (Å²) in [6, 6.07) is 0.319. The molecule has 0 aromatic heterocycles. The van der Waals surface area contributed by atoms with E-state index in [0.29, 0.717) is 18.0 Å². The highest BCUT2D eigenvalue weighted by Crippen LogP contribution is 2.43. The van der Waals surface area contributed by atoms with Crippen molar-refractivity contribution in [2.45, 2.75) is 78.3 Å². The smallest absolute Gasteiger partial charge is 0.0471 e. The second kappa shape index (κ2) is 7.24. The molecule has 2 atom stereocenters. The molecule has 0 aliphatic heterocycles. The van der Waals surface area contributed by atoms with Gasteiger partial charge in [-0.25, -0.2) is 0 Å². The zero-order chi connectivity index (χ0) is 15.4. The van der Waals surface area contributed by atoms with Crippen LogP contribution in [-0.2, 0) is 0 Å². The van der Waals surface area contributed by atoms with Gasteiger partial charge in [-0.1, -0.05) is 34.1 Å². The van der Waals surface area contributed by atoms with Crippen LogP contribution in [-0.4, -0.2) is 29.8 Å². The molecule has 0 radical (unpaired) electrons. The van der Waals surface area contributed by atoms with Gasteiger partial charge in [0.15, 0.2) is 0 Å². The van der Waals surface area contributed by atoms with E-state index in [4.69, 9.17) is 5.73 Å². The van der Waals surface area contributed by atoms with Gasteiger partial charge >= 0.3 is 0 Å². The van der Waals surface area contributed by atoms with Crippen molar-refractivity contribution in [1.29, 1.82) is 0 Å². The monoisotopic (exact) mass is 284 g/mol. The molecule has 1 aliphatic rings. The van der Waals surface area contributed by atoms with Gasteiger partial charge in [-0.15, -0.1) is 0 Å². The summed E-state index contributed by atoms with van der Waals surface area (Å²) in [6.07, 6.45) is 6.12. The minimum absolute atomic E-state index is 0.0865. The molecule has 0 saturated heterocycles. The maximum absolute atomic E-state index is 9.30. The largest absolute Gasteiger partial charge is 0.396 e. The fourth-order valence-electron chi connectivity index (χ4n) is 3.43. The van der Waals surface area contributed by atoms with Crippen molar-refractivity contribution in [1.82, 2.24) is 5.32 Å². The van der Waals surface area contributed by atoms with Gasteiger partial charge in [0, 0.05) is 24.7 Å². The molecule has 1 aliphatic carbocycles. The Bertz CT molecular complexity index is 283. The Kier molecular flexibility index (Phi) is 6.49. The molecule has 0 heterocycles. The lowest BCUT2D eigenvalue weighted by atomic mass is 9.65. The van der Waals surface area contributed by atoms with Gasteiger partial charge in [0.2, 0.25) is 0 Å². The summed E-state index contributed by atoms with van der Waals surface area (Å²) in [6.45, 7) is 12.3. The molecule has 4 N–H and O–H groups in total. The number of rotatable bonds is 7. The minimum atomic E-state index is 0.0865. The first-order valence-electron chi connectivity index (χ1n) is 8.39. The van der Waals surface area contributed by atoms with Crippen LogP contribution in [0.25, 0.3) is 0 Å². The number of hydrogen-bond donors (Lipinski definition) is 3. The van der Waals surface area contributed by atoms with Crippen LogP contribution in [0.2, 0.25) is 0 Å². The van der Waals surface area contributed by atoms with E-state index in [0.717, 1.165) is 5.92 Å². The Morgan fingerprint density at radius 1 is 1.30 bits per heavy atom. The number of hydrogen-bond acceptors (Lipinski definition) is 3. The van der Waals surface area contributed by atoms with Crippen LogP contribution in [0.4, 0.5) is 0 Å². The summed E-state index contributed by atoms with van der Waals surface area (Å²) in [7, 11) is 0. The van der Waals surface area contributed by atoms with Crippen molar-refractivity contribution in [2.75, 3.05) is 13.2 Å². The van der Waals surface area contributed by atoms with E-state index in [1.54, 1.807) is 0 Å². The summed E-state index contributed by atoms with van der Waals surface area (Å²) in [4.78, 5) is 0. The topological polar surface area (TPSA) is 58.3 Å². The van der Waals surface area contributed by atoms with Gasteiger partial charge in [0.1, 0.15) is 0 Å². The highest BCUT2D eigenvalue weighted by Gasteiger charge is 2.39. The quantitative estimate of drug-likeness (QED) is 0.674. The first-order valence-corrected chi connectivity index (χ1v) is 8.39. The lowest BCUT2D eigenvalue weighted by Crippen LogP contribution is -2.58. The molecular weight excluding hydrogens is 248 g/mol. The van der Waals surface area contributed by atoms with Gasteiger partial charge < -0.3 is 16.2 Å². The van der Waals surface area contributed by atoms with Crippen molar-refractivity contribution in [3.63, 3.8) is 0 Å². The third-order valence-electron chi connectivity index (χ3n) is 6.03. The van der Waals surface area contributed by atoms with Gasteiger partial charge in [-0.3, -0.25) is 0 Å². The number of aliphatic hydroxyl groups is 1. The van der Waals surface area contributed by atoms with Crippen molar-refractivity contribution in [2.24, 2.45) is 23.0 Å². The summed E-state index contributed by atoms with van der Waals surface area (Å²) < 4.78 is 0. The summed E-state index contributed by atoms with van der Waals surface area (Å²) in [5.74, 6) is 1.10. The molecule has 2 unspecified atom stereocenters. The van der Waals surface area contributed by atoms with Gasteiger partial charge in [-0.05, 0) is 49.9 Å². The van der Waals surface area contributed by atoms with Crippen LogP contribution in [0, 0.1) is 17.3 Å². The molecule has 120 valence electrons. The van der Waals surface area contributed by atoms with E-state index in [2.05, 4.69) is 39.9 Å². The van der Waals surface area contributed by atoms with Crippen LogP contribution in [0.5, 0.6) is 0 Å². The lowest BCUT2D eigenvalue weighted by molar-refractivity contribution is 0.0871. The molecule has 1 saturated carbocycles. The maximum atomic E-state index is 9.30. The van der Waals surface area contributed by atoms with Crippen LogP contribution in [0.15, 0.2) is 0 Å². The van der Waals surface area contributed by atoms with Gasteiger partial charge in [0.25, 0.3) is 0 Å². The highest BCUT2D eigenvalue weighted by atomic mass is 16.3. The van der Waals surface area contributed by atoms with Crippen molar-refractivity contribution >= 4 is 0 Å². The van der Waals surface area contributed by atoms with E-state index in [1.165, 1.54) is 32.1 Å². The Hall–Kier alpha value is -0.120. The predicted octanol–water partition coefficient (Wildman–Crippen LogP) is 2.92. The highest BCUT2D eigenvalue weighted by molar-refractivity contribution is 4.98. The predicted molar refractivity (Wildman–Crippen MR) is 86.7 cm³/mol. The second-order valence-corrected chi connectivity index (χ2v) is 7.69. The van der Waals surface area contributed by atoms with Crippen LogP contribution < -0.4 is 11.1 Å². The van der Waals surface area contributed by atoms with E-state index >= 15 is 0 Å². The average molecular weight is 284 g/mol. The zero-order valence-electron chi connectivity index (χ0n) is 14.2. The number of nitrogens with two attached hydrogens (primary N) is 1. The Balaban J connectivity index is 2.62. The molecule has 20 heavy (non-hydrogen) atoms. The maximum Gasteiger partial charge on any atom is 0.0471 e. The molecule has 0 bridgehead atoms. The summed E-state index contributed by atoms with van der Waals surface area (Å²) in [5.41, 5.74) is 6.63. The zero-order valence-corrected chi connectivity index (χ0v) is 14.2. The third kappa shape index (κ3) is 4.19. The van der Waals surface area contributed by atoms with E-state index < -0.39 is 0 Å². The molecule has 0 aromatic carbocycles. The van der Waals surface area contributed by atoms with Gasteiger partial charge in [0.05, 0.1) is 0 Å². The van der Waals surface area contributed by atoms with E-state index in [1.807, 2.05) is 0 Å². The number of nitrogens with one attached hydrogen (secondary N) is 1. The SMILES string of the molecule is CCC(C)(C)C1CCC(CN)(NC(C)C(C)CO)CC1. The molecule has 3 heteroatoms. The normalized spacial score (nSPS) is 31.1. The van der Waals surface area contributed by atoms with Crippen LogP contribution in [0.1, 0.15) is 66.7 Å². The Morgan fingerprint density at radius 2 is 1.85 bits per heavy atom. The second-order valence-electron chi connectivity index (χ2n) is 7.69. The number of aliphatic hydroxyl groups excluding tert-OH is 1. The molecule has 3 nitrogen and oxygen atoms in total. The first-order chi connectivity index (χ1) is 9.30. The fraction of sp³-hybridized carbons (Fsp3) is 1.00. The van der Waals surface area contributed by atoms with Crippen LogP contribution >= 0.6 is 0 Å². The van der Waals surface area contributed by atoms with E-state index in [-0.39, 0.29) is 18.1 Å². The molecule has 0 aromatic rings. The molecule has 0 amide bonds.